The molecule has 0 aliphatic heterocycles. The number of carbonyl (C=O) groups excluding carboxylic acids is 1. The highest BCUT2D eigenvalue weighted by Gasteiger charge is 2.30. The van der Waals surface area contributed by atoms with Crippen molar-refractivity contribution in [1.29, 1.82) is 0 Å². The molecule has 100 valence electrons. The molecule has 0 aromatic carbocycles. The number of aliphatic hydroxyl groups excluding tert-OH is 1. The van der Waals surface area contributed by atoms with Crippen LogP contribution in [0.25, 0.3) is 0 Å². The lowest BCUT2D eigenvalue weighted by Crippen LogP contribution is -2.39. The fraction of sp³-hybridized carbons (Fsp3) is 0.615. The molecular formula is C13H19ClN2O2. The topological polar surface area (TPSA) is 45.5 Å². The Labute approximate surface area is 112 Å². The second kappa shape index (κ2) is 5.33. The summed E-state index contributed by atoms with van der Waals surface area (Å²) in [5.41, 5.74) is 0.629. The van der Waals surface area contributed by atoms with Crippen LogP contribution in [-0.4, -0.2) is 39.7 Å². The maximum absolute atomic E-state index is 12.5. The van der Waals surface area contributed by atoms with Gasteiger partial charge in [0.1, 0.15) is 5.69 Å². The van der Waals surface area contributed by atoms with Gasteiger partial charge in [-0.1, -0.05) is 11.6 Å². The zero-order valence-corrected chi connectivity index (χ0v) is 11.5. The molecule has 0 bridgehead atoms. The number of carbonyl (C=O) groups is 1. The van der Waals surface area contributed by atoms with Crippen molar-refractivity contribution < 1.29 is 9.90 Å². The van der Waals surface area contributed by atoms with Gasteiger partial charge in [0.2, 0.25) is 0 Å². The Balaban J connectivity index is 2.26. The van der Waals surface area contributed by atoms with Crippen LogP contribution in [0.1, 0.15) is 43.2 Å². The molecule has 1 aromatic rings. The minimum absolute atomic E-state index is 0.0260. The molecule has 0 atom stereocenters. The van der Waals surface area contributed by atoms with E-state index in [1.165, 1.54) is 0 Å². The highest BCUT2D eigenvalue weighted by atomic mass is 35.5. The molecule has 1 heterocycles. The van der Waals surface area contributed by atoms with Gasteiger partial charge >= 0.3 is 0 Å². The molecule has 1 saturated carbocycles. The van der Waals surface area contributed by atoms with Crippen LogP contribution in [0.2, 0.25) is 5.02 Å². The first-order valence-corrected chi connectivity index (χ1v) is 6.71. The first-order valence-electron chi connectivity index (χ1n) is 6.33. The smallest absolute Gasteiger partial charge is 0.270 e. The van der Waals surface area contributed by atoms with Gasteiger partial charge in [0.25, 0.3) is 5.91 Å². The van der Waals surface area contributed by atoms with E-state index in [2.05, 4.69) is 0 Å². The van der Waals surface area contributed by atoms with E-state index in [1.54, 1.807) is 11.0 Å². The lowest BCUT2D eigenvalue weighted by Gasteiger charge is -2.26. The summed E-state index contributed by atoms with van der Waals surface area (Å²) in [7, 11) is 0. The van der Waals surface area contributed by atoms with Gasteiger partial charge in [-0.15, -0.1) is 0 Å². The molecule has 0 spiro atoms. The fourth-order valence-electron chi connectivity index (χ4n) is 2.12. The van der Waals surface area contributed by atoms with Gasteiger partial charge in [-0.2, -0.15) is 0 Å². The molecular weight excluding hydrogens is 252 g/mol. The van der Waals surface area contributed by atoms with E-state index in [4.69, 9.17) is 16.7 Å². The minimum atomic E-state index is -0.0575. The molecule has 18 heavy (non-hydrogen) atoms. The van der Waals surface area contributed by atoms with Gasteiger partial charge in [0.05, 0.1) is 11.6 Å². The molecule has 5 heteroatoms. The Kier molecular flexibility index (Phi) is 3.97. The standard InChI is InChI=1S/C13H19ClN2O2/c1-9(2)15(5-6-17)13(18)12-7-10(14)8-16(12)11-3-4-11/h7-9,11,17H,3-6H2,1-2H3. The van der Waals surface area contributed by atoms with Crippen LogP contribution < -0.4 is 0 Å². The van der Waals surface area contributed by atoms with E-state index < -0.39 is 0 Å². The molecule has 1 amide bonds. The van der Waals surface area contributed by atoms with E-state index in [0.29, 0.717) is 23.3 Å². The second-order valence-corrected chi connectivity index (χ2v) is 5.43. The van der Waals surface area contributed by atoms with Crippen molar-refractivity contribution in [2.24, 2.45) is 0 Å². The fourth-order valence-corrected chi connectivity index (χ4v) is 2.33. The van der Waals surface area contributed by atoms with Gasteiger partial charge in [0, 0.05) is 24.8 Å². The van der Waals surface area contributed by atoms with Gasteiger partial charge in [-0.05, 0) is 32.8 Å². The molecule has 1 aliphatic rings. The number of nitrogens with zero attached hydrogens (tertiary/aromatic N) is 2. The number of hydrogen-bond donors (Lipinski definition) is 1. The summed E-state index contributed by atoms with van der Waals surface area (Å²) in [4.78, 5) is 14.1. The normalized spacial score (nSPS) is 15.2. The minimum Gasteiger partial charge on any atom is -0.395 e. The summed E-state index contributed by atoms with van der Waals surface area (Å²) in [6.45, 7) is 4.21. The quantitative estimate of drug-likeness (QED) is 0.892. The van der Waals surface area contributed by atoms with E-state index >= 15 is 0 Å². The van der Waals surface area contributed by atoms with Crippen LogP contribution in [0.5, 0.6) is 0 Å². The van der Waals surface area contributed by atoms with Crippen molar-refractivity contribution in [3.8, 4) is 0 Å². The molecule has 0 saturated heterocycles. The Morgan fingerprint density at radius 3 is 2.78 bits per heavy atom. The summed E-state index contributed by atoms with van der Waals surface area (Å²) in [5, 5.41) is 9.65. The van der Waals surface area contributed by atoms with Crippen molar-refractivity contribution in [3.63, 3.8) is 0 Å². The van der Waals surface area contributed by atoms with Gasteiger partial charge < -0.3 is 14.6 Å². The monoisotopic (exact) mass is 270 g/mol. The molecule has 0 radical (unpaired) electrons. The maximum Gasteiger partial charge on any atom is 0.270 e. The Morgan fingerprint density at radius 2 is 2.28 bits per heavy atom. The van der Waals surface area contributed by atoms with E-state index in [9.17, 15) is 4.79 Å². The van der Waals surface area contributed by atoms with Crippen molar-refractivity contribution in [3.05, 3.63) is 23.0 Å². The molecule has 1 aliphatic carbocycles. The van der Waals surface area contributed by atoms with Gasteiger partial charge in [-0.25, -0.2) is 0 Å². The summed E-state index contributed by atoms with van der Waals surface area (Å²) in [6.07, 6.45) is 4.03. The van der Waals surface area contributed by atoms with Crippen molar-refractivity contribution in [1.82, 2.24) is 9.47 Å². The average molecular weight is 271 g/mol. The number of rotatable bonds is 5. The second-order valence-electron chi connectivity index (χ2n) is 5.00. The summed E-state index contributed by atoms with van der Waals surface area (Å²) >= 11 is 6.00. The van der Waals surface area contributed by atoms with Crippen LogP contribution in [0, 0.1) is 0 Å². The molecule has 1 N–H and O–H groups in total. The lowest BCUT2D eigenvalue weighted by molar-refractivity contribution is 0.0654. The SMILES string of the molecule is CC(C)N(CCO)C(=O)c1cc(Cl)cn1C1CC1. The van der Waals surface area contributed by atoms with Gasteiger partial charge in [-0.3, -0.25) is 4.79 Å². The first kappa shape index (κ1) is 13.4. The van der Waals surface area contributed by atoms with Crippen LogP contribution in [0.15, 0.2) is 12.3 Å². The summed E-state index contributed by atoms with van der Waals surface area (Å²) in [6, 6.07) is 2.19. The predicted octanol–water partition coefficient (Wildman–Crippen LogP) is 2.32. The van der Waals surface area contributed by atoms with E-state index in [-0.39, 0.29) is 18.6 Å². The molecule has 0 unspecified atom stereocenters. The third-order valence-electron chi connectivity index (χ3n) is 3.20. The van der Waals surface area contributed by atoms with Crippen LogP contribution in [-0.2, 0) is 0 Å². The molecule has 1 fully saturated rings. The third kappa shape index (κ3) is 2.70. The van der Waals surface area contributed by atoms with Crippen molar-refractivity contribution in [2.45, 2.75) is 38.8 Å². The highest BCUT2D eigenvalue weighted by Crippen LogP contribution is 2.37. The lowest BCUT2D eigenvalue weighted by atomic mass is 10.2. The molecule has 2 rings (SSSR count). The van der Waals surface area contributed by atoms with Gasteiger partial charge in [0.15, 0.2) is 0 Å². The van der Waals surface area contributed by atoms with Crippen molar-refractivity contribution >= 4 is 17.5 Å². The number of amides is 1. The highest BCUT2D eigenvalue weighted by molar-refractivity contribution is 6.31. The van der Waals surface area contributed by atoms with Crippen LogP contribution >= 0.6 is 11.6 Å². The third-order valence-corrected chi connectivity index (χ3v) is 3.41. The zero-order valence-electron chi connectivity index (χ0n) is 10.8. The zero-order chi connectivity index (χ0) is 13.3. The summed E-state index contributed by atoms with van der Waals surface area (Å²) < 4.78 is 1.97. The number of halogens is 1. The average Bonchev–Trinajstić information content (AvgIpc) is 3.08. The maximum atomic E-state index is 12.5. The predicted molar refractivity (Wildman–Crippen MR) is 71.0 cm³/mol. The van der Waals surface area contributed by atoms with E-state index in [1.807, 2.05) is 24.6 Å². The Bertz CT molecular complexity index is 438. The number of hydrogen-bond acceptors (Lipinski definition) is 2. The Morgan fingerprint density at radius 1 is 1.61 bits per heavy atom. The summed E-state index contributed by atoms with van der Waals surface area (Å²) in [5.74, 6) is -0.0575. The van der Waals surface area contributed by atoms with Crippen LogP contribution in [0.4, 0.5) is 0 Å². The van der Waals surface area contributed by atoms with E-state index in [0.717, 1.165) is 12.8 Å². The largest absolute Gasteiger partial charge is 0.395 e. The number of aliphatic hydroxyl groups is 1. The molecule has 4 nitrogen and oxygen atoms in total. The van der Waals surface area contributed by atoms with Crippen LogP contribution in [0.3, 0.4) is 0 Å². The molecule has 1 aromatic heterocycles. The Hall–Kier alpha value is -1.00. The first-order chi connectivity index (χ1) is 8.54. The number of aromatic nitrogens is 1. The van der Waals surface area contributed by atoms with Crippen molar-refractivity contribution in [2.75, 3.05) is 13.2 Å².